The Labute approximate surface area is 162 Å². The SMILES string of the molecule is Cc1cc(NC(=O)c2noc(C)c2COc2cccc(Cl)c2)n(C(C)C)n1. The summed E-state index contributed by atoms with van der Waals surface area (Å²) in [7, 11) is 0. The minimum absolute atomic E-state index is 0.110. The van der Waals surface area contributed by atoms with Gasteiger partial charge in [0.25, 0.3) is 5.91 Å². The fourth-order valence-electron chi connectivity index (χ4n) is 2.63. The van der Waals surface area contributed by atoms with Gasteiger partial charge in [-0.3, -0.25) is 4.79 Å². The first-order valence-electron chi connectivity index (χ1n) is 8.56. The molecule has 1 aromatic carbocycles. The minimum atomic E-state index is -0.377. The zero-order valence-electron chi connectivity index (χ0n) is 15.6. The molecule has 0 unspecified atom stereocenters. The van der Waals surface area contributed by atoms with Gasteiger partial charge in [0.1, 0.15) is 23.9 Å². The molecule has 142 valence electrons. The molecule has 0 radical (unpaired) electrons. The summed E-state index contributed by atoms with van der Waals surface area (Å²) in [6, 6.07) is 8.97. The lowest BCUT2D eigenvalue weighted by Gasteiger charge is -2.11. The second-order valence-electron chi connectivity index (χ2n) is 6.48. The van der Waals surface area contributed by atoms with Crippen LogP contribution in [0.3, 0.4) is 0 Å². The van der Waals surface area contributed by atoms with Gasteiger partial charge in [-0.25, -0.2) is 4.68 Å². The topological polar surface area (TPSA) is 82.2 Å². The number of nitrogens with zero attached hydrogens (tertiary/aromatic N) is 3. The number of halogens is 1. The van der Waals surface area contributed by atoms with Gasteiger partial charge in [0, 0.05) is 17.1 Å². The Morgan fingerprint density at radius 3 is 2.81 bits per heavy atom. The molecule has 1 N–H and O–H groups in total. The Balaban J connectivity index is 1.78. The third-order valence-corrected chi connectivity index (χ3v) is 4.20. The number of carbonyl (C=O) groups is 1. The molecule has 0 fully saturated rings. The molecule has 2 heterocycles. The maximum atomic E-state index is 12.7. The quantitative estimate of drug-likeness (QED) is 0.669. The zero-order valence-corrected chi connectivity index (χ0v) is 16.4. The van der Waals surface area contributed by atoms with Gasteiger partial charge in [0.05, 0.1) is 11.3 Å². The Morgan fingerprint density at radius 1 is 1.33 bits per heavy atom. The molecule has 0 aliphatic carbocycles. The van der Waals surface area contributed by atoms with Crippen LogP contribution in [0.5, 0.6) is 5.75 Å². The summed E-state index contributed by atoms with van der Waals surface area (Å²) in [6.45, 7) is 7.74. The van der Waals surface area contributed by atoms with Crippen molar-refractivity contribution in [3.8, 4) is 5.75 Å². The van der Waals surface area contributed by atoms with Crippen molar-refractivity contribution in [1.29, 1.82) is 0 Å². The van der Waals surface area contributed by atoms with Crippen LogP contribution in [0.25, 0.3) is 0 Å². The number of aryl methyl sites for hydroxylation is 2. The van der Waals surface area contributed by atoms with E-state index in [1.54, 1.807) is 35.9 Å². The van der Waals surface area contributed by atoms with E-state index in [0.29, 0.717) is 27.9 Å². The van der Waals surface area contributed by atoms with Crippen LogP contribution in [0, 0.1) is 13.8 Å². The van der Waals surface area contributed by atoms with E-state index in [1.807, 2.05) is 26.8 Å². The van der Waals surface area contributed by atoms with Crippen LogP contribution in [-0.2, 0) is 6.61 Å². The lowest BCUT2D eigenvalue weighted by Crippen LogP contribution is -2.19. The van der Waals surface area contributed by atoms with Gasteiger partial charge in [-0.1, -0.05) is 22.8 Å². The van der Waals surface area contributed by atoms with E-state index in [-0.39, 0.29) is 24.2 Å². The maximum absolute atomic E-state index is 12.7. The summed E-state index contributed by atoms with van der Waals surface area (Å²) < 4.78 is 12.7. The smallest absolute Gasteiger partial charge is 0.279 e. The second-order valence-corrected chi connectivity index (χ2v) is 6.91. The lowest BCUT2D eigenvalue weighted by molar-refractivity contribution is 0.101. The summed E-state index contributed by atoms with van der Waals surface area (Å²) in [6.07, 6.45) is 0. The van der Waals surface area contributed by atoms with Crippen molar-refractivity contribution >= 4 is 23.3 Å². The van der Waals surface area contributed by atoms with Crippen molar-refractivity contribution in [2.75, 3.05) is 5.32 Å². The monoisotopic (exact) mass is 388 g/mol. The van der Waals surface area contributed by atoms with Crippen molar-refractivity contribution in [3.05, 3.63) is 58.1 Å². The summed E-state index contributed by atoms with van der Waals surface area (Å²) in [5.41, 5.74) is 1.59. The van der Waals surface area contributed by atoms with Crippen molar-refractivity contribution in [2.45, 2.75) is 40.3 Å². The van der Waals surface area contributed by atoms with Crippen LogP contribution in [0.4, 0.5) is 5.82 Å². The number of carbonyl (C=O) groups excluding carboxylic acids is 1. The average molecular weight is 389 g/mol. The van der Waals surface area contributed by atoms with Gasteiger partial charge in [0.15, 0.2) is 5.69 Å². The highest BCUT2D eigenvalue weighted by Crippen LogP contribution is 2.22. The van der Waals surface area contributed by atoms with Gasteiger partial charge >= 0.3 is 0 Å². The van der Waals surface area contributed by atoms with Crippen LogP contribution in [0.2, 0.25) is 5.02 Å². The first-order valence-corrected chi connectivity index (χ1v) is 8.94. The molecule has 0 atom stereocenters. The number of amides is 1. The highest BCUT2D eigenvalue weighted by molar-refractivity contribution is 6.30. The van der Waals surface area contributed by atoms with Crippen molar-refractivity contribution in [1.82, 2.24) is 14.9 Å². The number of hydrogen-bond donors (Lipinski definition) is 1. The van der Waals surface area contributed by atoms with Gasteiger partial charge in [-0.2, -0.15) is 5.10 Å². The van der Waals surface area contributed by atoms with Crippen molar-refractivity contribution in [2.24, 2.45) is 0 Å². The van der Waals surface area contributed by atoms with Crippen LogP contribution in [0.15, 0.2) is 34.9 Å². The minimum Gasteiger partial charge on any atom is -0.489 e. The molecular formula is C19H21ClN4O3. The molecule has 0 aliphatic heterocycles. The van der Waals surface area contributed by atoms with Crippen LogP contribution >= 0.6 is 11.6 Å². The van der Waals surface area contributed by atoms with E-state index >= 15 is 0 Å². The van der Waals surface area contributed by atoms with Gasteiger partial charge in [-0.15, -0.1) is 0 Å². The normalized spacial score (nSPS) is 11.0. The molecule has 3 rings (SSSR count). The van der Waals surface area contributed by atoms with Gasteiger partial charge in [0.2, 0.25) is 0 Å². The molecule has 3 aromatic rings. The highest BCUT2D eigenvalue weighted by Gasteiger charge is 2.22. The first kappa shape index (κ1) is 19.0. The molecule has 1 amide bonds. The fraction of sp³-hybridized carbons (Fsp3) is 0.316. The number of ether oxygens (including phenoxy) is 1. The molecule has 0 spiro atoms. The Hall–Kier alpha value is -2.80. The van der Waals surface area contributed by atoms with Crippen molar-refractivity contribution < 1.29 is 14.1 Å². The van der Waals surface area contributed by atoms with E-state index in [2.05, 4.69) is 15.6 Å². The fourth-order valence-corrected chi connectivity index (χ4v) is 2.81. The predicted molar refractivity (Wildman–Crippen MR) is 102 cm³/mol. The number of hydrogen-bond acceptors (Lipinski definition) is 5. The maximum Gasteiger partial charge on any atom is 0.279 e. The van der Waals surface area contributed by atoms with Crippen molar-refractivity contribution in [3.63, 3.8) is 0 Å². The molecule has 2 aromatic heterocycles. The molecule has 27 heavy (non-hydrogen) atoms. The van der Waals surface area contributed by atoms with E-state index in [1.165, 1.54) is 0 Å². The molecule has 8 heteroatoms. The molecule has 0 saturated heterocycles. The van der Waals surface area contributed by atoms with Crippen LogP contribution in [-0.4, -0.2) is 20.8 Å². The number of benzene rings is 1. The van der Waals surface area contributed by atoms with E-state index in [9.17, 15) is 4.79 Å². The van der Waals surface area contributed by atoms with Crippen LogP contribution < -0.4 is 10.1 Å². The molecular weight excluding hydrogens is 368 g/mol. The zero-order chi connectivity index (χ0) is 19.6. The van der Waals surface area contributed by atoms with Gasteiger partial charge in [-0.05, 0) is 45.9 Å². The second kappa shape index (κ2) is 7.84. The molecule has 0 bridgehead atoms. The Morgan fingerprint density at radius 2 is 2.11 bits per heavy atom. The Bertz CT molecular complexity index is 962. The van der Waals surface area contributed by atoms with E-state index in [0.717, 1.165) is 5.69 Å². The summed E-state index contributed by atoms with van der Waals surface area (Å²) in [5, 5.41) is 11.7. The third-order valence-electron chi connectivity index (χ3n) is 3.97. The molecule has 0 saturated carbocycles. The van der Waals surface area contributed by atoms with E-state index < -0.39 is 0 Å². The Kier molecular flexibility index (Phi) is 5.51. The third kappa shape index (κ3) is 4.31. The molecule has 0 aliphatic rings. The number of nitrogens with one attached hydrogen (secondary N) is 1. The summed E-state index contributed by atoms with van der Waals surface area (Å²) in [4.78, 5) is 12.7. The van der Waals surface area contributed by atoms with E-state index in [4.69, 9.17) is 20.9 Å². The number of aromatic nitrogens is 3. The summed E-state index contributed by atoms with van der Waals surface area (Å²) >= 11 is 5.97. The molecule has 7 nitrogen and oxygen atoms in total. The number of anilines is 1. The highest BCUT2D eigenvalue weighted by atomic mass is 35.5. The standard InChI is InChI=1S/C19H21ClN4O3/c1-11(2)24-17(8-12(3)22-24)21-19(25)18-16(13(4)27-23-18)10-26-15-7-5-6-14(20)9-15/h5-9,11H,10H2,1-4H3,(H,21,25). The number of rotatable bonds is 6. The first-order chi connectivity index (χ1) is 12.8. The lowest BCUT2D eigenvalue weighted by atomic mass is 10.2. The largest absolute Gasteiger partial charge is 0.489 e. The van der Waals surface area contributed by atoms with Gasteiger partial charge < -0.3 is 14.6 Å². The average Bonchev–Trinajstić information content (AvgIpc) is 3.15. The van der Waals surface area contributed by atoms with Crippen LogP contribution in [0.1, 0.15) is 47.4 Å². The predicted octanol–water partition coefficient (Wildman–Crippen LogP) is 4.55. The summed E-state index contributed by atoms with van der Waals surface area (Å²) in [5.74, 6) is 1.35.